The average molecular weight is 676 g/mol. The van der Waals surface area contributed by atoms with Crippen LogP contribution in [0.1, 0.15) is 74.5 Å². The number of likely N-dealkylation sites (N-methyl/N-ethyl adjacent to an activating group) is 1. The molecule has 0 saturated heterocycles. The van der Waals surface area contributed by atoms with E-state index in [0.717, 1.165) is 12.2 Å². The van der Waals surface area contributed by atoms with Gasteiger partial charge in [0.15, 0.2) is 0 Å². The van der Waals surface area contributed by atoms with E-state index >= 15 is 0 Å². The summed E-state index contributed by atoms with van der Waals surface area (Å²) in [6, 6.07) is 25.1. The van der Waals surface area contributed by atoms with Crippen LogP contribution in [0.15, 0.2) is 72.8 Å². The Morgan fingerprint density at radius 3 is 1.71 bits per heavy atom. The van der Waals surface area contributed by atoms with E-state index in [-0.39, 0.29) is 12.0 Å². The lowest BCUT2D eigenvalue weighted by molar-refractivity contribution is -0.00599. The van der Waals surface area contributed by atoms with Crippen molar-refractivity contribution in [3.8, 4) is 16.9 Å². The number of hydrogen-bond acceptors (Lipinski definition) is 7. The fourth-order valence-corrected chi connectivity index (χ4v) is 6.02. The number of amides is 1. The van der Waals surface area contributed by atoms with E-state index in [2.05, 4.69) is 55.5 Å². The first-order chi connectivity index (χ1) is 24.2. The molecule has 4 rings (SSSR count). The number of ether oxygens (including phenoxy) is 6. The molecule has 0 N–H and O–H groups in total. The Hall–Kier alpha value is -3.43. The Kier molecular flexibility index (Phi) is 18.1. The predicted octanol–water partition coefficient (Wildman–Crippen LogP) is 8.31. The Morgan fingerprint density at radius 1 is 0.612 bits per heavy atom. The molecule has 0 aromatic heterocycles. The molecule has 0 fully saturated rings. The Bertz CT molecular complexity index is 1290. The highest BCUT2D eigenvalue weighted by Gasteiger charge is 2.29. The molecule has 8 nitrogen and oxygen atoms in total. The van der Waals surface area contributed by atoms with Crippen LogP contribution < -0.4 is 4.74 Å². The maximum absolute atomic E-state index is 12.6. The minimum absolute atomic E-state index is 0.0485. The Labute approximate surface area is 294 Å². The quantitative estimate of drug-likeness (QED) is 0.0793. The molecule has 0 heterocycles. The lowest BCUT2D eigenvalue weighted by Crippen LogP contribution is -2.32. The second kappa shape index (κ2) is 23.1. The number of carbonyl (C=O) groups excluding carboxylic acids is 1. The van der Waals surface area contributed by atoms with Gasteiger partial charge < -0.3 is 33.3 Å². The number of carbonyl (C=O) groups is 1. The van der Waals surface area contributed by atoms with Gasteiger partial charge in [-0.2, -0.15) is 0 Å². The molecule has 3 aromatic carbocycles. The van der Waals surface area contributed by atoms with Crippen molar-refractivity contribution in [3.05, 3.63) is 89.5 Å². The number of fused-ring (bicyclic) bond motifs is 3. The zero-order valence-corrected chi connectivity index (χ0v) is 29.7. The Morgan fingerprint density at radius 2 is 1.12 bits per heavy atom. The molecule has 49 heavy (non-hydrogen) atoms. The summed E-state index contributed by atoms with van der Waals surface area (Å²) < 4.78 is 33.9. The average Bonchev–Trinajstić information content (AvgIpc) is 3.45. The third-order valence-corrected chi connectivity index (χ3v) is 8.82. The number of rotatable bonds is 26. The van der Waals surface area contributed by atoms with Crippen LogP contribution in [0.3, 0.4) is 0 Å². The summed E-state index contributed by atoms with van der Waals surface area (Å²) in [6.07, 6.45) is 10.1. The molecule has 0 spiro atoms. The van der Waals surface area contributed by atoms with Gasteiger partial charge in [0, 0.05) is 19.5 Å². The highest BCUT2D eigenvalue weighted by molar-refractivity contribution is 5.79. The lowest BCUT2D eigenvalue weighted by Gasteiger charge is -2.19. The van der Waals surface area contributed by atoms with E-state index in [9.17, 15) is 4.79 Å². The van der Waals surface area contributed by atoms with Gasteiger partial charge in [0.2, 0.25) is 0 Å². The number of nitrogens with zero attached hydrogens (tertiary/aromatic N) is 1. The van der Waals surface area contributed by atoms with Gasteiger partial charge in [-0.3, -0.25) is 0 Å². The van der Waals surface area contributed by atoms with E-state index in [0.29, 0.717) is 72.6 Å². The van der Waals surface area contributed by atoms with Crippen LogP contribution in [0, 0.1) is 0 Å². The number of aryl methyl sites for hydroxylation is 1. The molecule has 268 valence electrons. The molecule has 8 heteroatoms. The van der Waals surface area contributed by atoms with Crippen molar-refractivity contribution in [1.29, 1.82) is 0 Å². The molecule has 1 aliphatic rings. The summed E-state index contributed by atoms with van der Waals surface area (Å²) >= 11 is 0. The van der Waals surface area contributed by atoms with Gasteiger partial charge in [-0.25, -0.2) is 4.79 Å². The zero-order chi connectivity index (χ0) is 34.4. The molecule has 0 saturated carbocycles. The predicted molar refractivity (Wildman–Crippen MR) is 195 cm³/mol. The fraction of sp³-hybridized carbons (Fsp3) is 0.537. The molecule has 0 bridgehead atoms. The maximum atomic E-state index is 12.6. The van der Waals surface area contributed by atoms with Crippen LogP contribution in [0.25, 0.3) is 11.1 Å². The lowest BCUT2D eigenvalue weighted by atomic mass is 9.98. The van der Waals surface area contributed by atoms with E-state index in [1.807, 2.05) is 24.3 Å². The SMILES string of the molecule is CCCCCCCCCc1ccc(OCCOCCOCCOCCOCCN(C)C(=O)OCC2c3ccccc3-c3ccccc32)cc1. The van der Waals surface area contributed by atoms with Crippen LogP contribution in [0.4, 0.5) is 4.79 Å². The topological polar surface area (TPSA) is 75.7 Å². The van der Waals surface area contributed by atoms with Crippen molar-refractivity contribution in [2.24, 2.45) is 0 Å². The molecule has 0 atom stereocenters. The van der Waals surface area contributed by atoms with Crippen LogP contribution >= 0.6 is 0 Å². The van der Waals surface area contributed by atoms with Crippen molar-refractivity contribution < 1.29 is 33.2 Å². The molecular formula is C41H57NO7. The monoisotopic (exact) mass is 675 g/mol. The first-order valence-electron chi connectivity index (χ1n) is 18.3. The van der Waals surface area contributed by atoms with Crippen molar-refractivity contribution in [1.82, 2.24) is 4.90 Å². The van der Waals surface area contributed by atoms with Crippen LogP contribution in [-0.4, -0.2) is 90.7 Å². The van der Waals surface area contributed by atoms with E-state index in [1.54, 1.807) is 11.9 Å². The summed E-state index contributed by atoms with van der Waals surface area (Å²) in [6.45, 7) is 7.38. The van der Waals surface area contributed by atoms with Crippen molar-refractivity contribution in [2.75, 3.05) is 79.7 Å². The summed E-state index contributed by atoms with van der Waals surface area (Å²) in [4.78, 5) is 14.2. The number of benzene rings is 3. The molecule has 0 radical (unpaired) electrons. The van der Waals surface area contributed by atoms with Gasteiger partial charge in [0.25, 0.3) is 0 Å². The molecule has 1 amide bonds. The van der Waals surface area contributed by atoms with Crippen LogP contribution in [0.5, 0.6) is 5.75 Å². The minimum atomic E-state index is -0.353. The van der Waals surface area contributed by atoms with Gasteiger partial charge >= 0.3 is 6.09 Å². The highest BCUT2D eigenvalue weighted by Crippen LogP contribution is 2.44. The van der Waals surface area contributed by atoms with Gasteiger partial charge in [0.05, 0.1) is 52.9 Å². The molecule has 0 aliphatic heterocycles. The first kappa shape index (κ1) is 38.4. The van der Waals surface area contributed by atoms with Crippen molar-refractivity contribution in [3.63, 3.8) is 0 Å². The standard InChI is InChI=1S/C41H57NO7/c1-3-4-5-6-7-8-9-14-34-19-21-35(22-20-34)48-32-31-47-30-29-46-28-27-45-26-25-44-24-23-42(2)41(43)49-33-40-38-17-12-10-15-36(38)37-16-11-13-18-39(37)40/h10-13,15-22,40H,3-9,14,23-33H2,1-2H3. The smallest absolute Gasteiger partial charge is 0.409 e. The molecule has 3 aromatic rings. The summed E-state index contributed by atoms with van der Waals surface area (Å²) in [5.41, 5.74) is 6.21. The third-order valence-electron chi connectivity index (χ3n) is 8.82. The van der Waals surface area contributed by atoms with Crippen LogP contribution in [0.2, 0.25) is 0 Å². The fourth-order valence-electron chi connectivity index (χ4n) is 6.02. The molecule has 0 unspecified atom stereocenters. The third kappa shape index (κ3) is 13.8. The number of unbranched alkanes of at least 4 members (excludes halogenated alkanes) is 6. The maximum Gasteiger partial charge on any atom is 0.409 e. The van der Waals surface area contributed by atoms with Crippen molar-refractivity contribution in [2.45, 2.75) is 64.2 Å². The van der Waals surface area contributed by atoms with Gasteiger partial charge in [-0.1, -0.05) is 106 Å². The number of hydrogen-bond donors (Lipinski definition) is 0. The second-order valence-electron chi connectivity index (χ2n) is 12.5. The summed E-state index contributed by atoms with van der Waals surface area (Å²) in [5, 5.41) is 0. The van der Waals surface area contributed by atoms with Gasteiger partial charge in [0.1, 0.15) is 19.0 Å². The molecule has 1 aliphatic carbocycles. The van der Waals surface area contributed by atoms with E-state index in [4.69, 9.17) is 28.4 Å². The first-order valence-corrected chi connectivity index (χ1v) is 18.3. The largest absolute Gasteiger partial charge is 0.491 e. The van der Waals surface area contributed by atoms with E-state index in [1.165, 1.54) is 72.8 Å². The van der Waals surface area contributed by atoms with Crippen molar-refractivity contribution >= 4 is 6.09 Å². The van der Waals surface area contributed by atoms with Crippen LogP contribution in [-0.2, 0) is 30.1 Å². The highest BCUT2D eigenvalue weighted by atomic mass is 16.6. The molecular weight excluding hydrogens is 618 g/mol. The zero-order valence-electron chi connectivity index (χ0n) is 29.7. The minimum Gasteiger partial charge on any atom is -0.491 e. The van der Waals surface area contributed by atoms with Gasteiger partial charge in [-0.15, -0.1) is 0 Å². The van der Waals surface area contributed by atoms with E-state index < -0.39 is 0 Å². The normalized spacial score (nSPS) is 12.1. The van der Waals surface area contributed by atoms with Gasteiger partial charge in [-0.05, 0) is 52.8 Å². The Balaban J connectivity index is 0.909. The summed E-state index contributed by atoms with van der Waals surface area (Å²) in [7, 11) is 1.73. The second-order valence-corrected chi connectivity index (χ2v) is 12.5. The summed E-state index contributed by atoms with van der Waals surface area (Å²) in [5.74, 6) is 0.930.